The van der Waals surface area contributed by atoms with Crippen LogP contribution in [0.4, 0.5) is 0 Å². The van der Waals surface area contributed by atoms with Gasteiger partial charge in [0.05, 0.1) is 6.54 Å². The van der Waals surface area contributed by atoms with Crippen LogP contribution in [0, 0.1) is 13.8 Å². The van der Waals surface area contributed by atoms with Crippen molar-refractivity contribution in [3.63, 3.8) is 0 Å². The Labute approximate surface area is 160 Å². The highest BCUT2D eigenvalue weighted by Gasteiger charge is 2.15. The van der Waals surface area contributed by atoms with Gasteiger partial charge in [0, 0.05) is 5.02 Å². The first-order valence-corrected chi connectivity index (χ1v) is 9.21. The molecule has 1 N–H and O–H groups in total. The molecule has 0 spiro atoms. The Kier molecular flexibility index (Phi) is 7.34. The van der Waals surface area contributed by atoms with Gasteiger partial charge in [-0.15, -0.1) is 0 Å². The molecule has 4 nitrogen and oxygen atoms in total. The highest BCUT2D eigenvalue weighted by atomic mass is 35.5. The number of carbonyl (C=O) groups is 1. The lowest BCUT2D eigenvalue weighted by Crippen LogP contribution is -2.38. The molecule has 0 radical (unpaired) electrons. The summed E-state index contributed by atoms with van der Waals surface area (Å²) < 4.78 is 11.4. The molecular weight excluding hydrogens is 350 g/mol. The Balaban J connectivity index is 1.76. The number of rotatable bonds is 8. The first-order valence-electron chi connectivity index (χ1n) is 8.83. The Morgan fingerprint density at radius 3 is 2.31 bits per heavy atom. The van der Waals surface area contributed by atoms with Gasteiger partial charge in [-0.2, -0.15) is 0 Å². The Morgan fingerprint density at radius 1 is 1.12 bits per heavy atom. The molecule has 26 heavy (non-hydrogen) atoms. The van der Waals surface area contributed by atoms with Crippen LogP contribution in [-0.2, 0) is 11.2 Å². The van der Waals surface area contributed by atoms with Gasteiger partial charge in [-0.3, -0.25) is 4.79 Å². The normalized spacial score (nSPS) is 11.7. The van der Waals surface area contributed by atoms with E-state index in [0.29, 0.717) is 18.9 Å². The maximum absolute atomic E-state index is 12.2. The van der Waals surface area contributed by atoms with Gasteiger partial charge in [-0.05, 0) is 68.1 Å². The second-order valence-corrected chi connectivity index (χ2v) is 6.65. The number of halogens is 1. The van der Waals surface area contributed by atoms with Gasteiger partial charge in [0.15, 0.2) is 6.10 Å². The van der Waals surface area contributed by atoms with Crippen molar-refractivity contribution in [3.8, 4) is 11.5 Å². The lowest BCUT2D eigenvalue weighted by atomic mass is 10.1. The molecule has 140 valence electrons. The summed E-state index contributed by atoms with van der Waals surface area (Å²) in [6.07, 6.45) is 0.403. The molecule has 0 bridgehead atoms. The smallest absolute Gasteiger partial charge is 0.260 e. The van der Waals surface area contributed by atoms with Gasteiger partial charge in [-0.1, -0.05) is 30.7 Å². The fourth-order valence-electron chi connectivity index (χ4n) is 2.54. The first kappa shape index (κ1) is 20.1. The van der Waals surface area contributed by atoms with Crippen molar-refractivity contribution in [2.24, 2.45) is 0 Å². The molecule has 0 unspecified atom stereocenters. The minimum Gasteiger partial charge on any atom is -0.492 e. The van der Waals surface area contributed by atoms with Crippen LogP contribution in [0.25, 0.3) is 0 Å². The third kappa shape index (κ3) is 5.67. The van der Waals surface area contributed by atoms with Crippen molar-refractivity contribution < 1.29 is 14.3 Å². The van der Waals surface area contributed by atoms with Crippen molar-refractivity contribution >= 4 is 17.5 Å². The molecule has 0 saturated carbocycles. The van der Waals surface area contributed by atoms with E-state index in [0.717, 1.165) is 28.3 Å². The zero-order valence-electron chi connectivity index (χ0n) is 15.8. The quantitative estimate of drug-likeness (QED) is 0.692. The SMILES string of the molecule is CCc1ccc(OCCNC(=O)[C@@H](C)Oc2cc(C)c(Cl)c(C)c2)cc1. The first-order chi connectivity index (χ1) is 12.4. The van der Waals surface area contributed by atoms with E-state index < -0.39 is 6.10 Å². The fourth-order valence-corrected chi connectivity index (χ4v) is 2.65. The number of ether oxygens (including phenoxy) is 2. The summed E-state index contributed by atoms with van der Waals surface area (Å²) in [5.41, 5.74) is 3.12. The average Bonchev–Trinajstić information content (AvgIpc) is 2.63. The van der Waals surface area contributed by atoms with E-state index in [1.165, 1.54) is 5.56 Å². The Bertz CT molecular complexity index is 720. The maximum atomic E-state index is 12.2. The lowest BCUT2D eigenvalue weighted by molar-refractivity contribution is -0.127. The molecule has 0 aliphatic rings. The van der Waals surface area contributed by atoms with Gasteiger partial charge in [-0.25, -0.2) is 0 Å². The third-order valence-corrected chi connectivity index (χ3v) is 4.69. The minimum atomic E-state index is -0.598. The molecule has 2 rings (SSSR count). The maximum Gasteiger partial charge on any atom is 0.260 e. The summed E-state index contributed by atoms with van der Waals surface area (Å²) in [4.78, 5) is 12.2. The third-order valence-electron chi connectivity index (χ3n) is 4.09. The molecule has 0 heterocycles. The number of benzene rings is 2. The molecule has 0 fully saturated rings. The second kappa shape index (κ2) is 9.48. The number of hydrogen-bond acceptors (Lipinski definition) is 3. The summed E-state index contributed by atoms with van der Waals surface area (Å²) in [5.74, 6) is 1.26. The lowest BCUT2D eigenvalue weighted by Gasteiger charge is -2.16. The summed E-state index contributed by atoms with van der Waals surface area (Å²) in [7, 11) is 0. The number of carbonyl (C=O) groups excluding carboxylic acids is 1. The number of nitrogens with one attached hydrogen (secondary N) is 1. The molecule has 1 atom stereocenters. The van der Waals surface area contributed by atoms with Gasteiger partial charge < -0.3 is 14.8 Å². The zero-order chi connectivity index (χ0) is 19.1. The van der Waals surface area contributed by atoms with Crippen LogP contribution in [0.15, 0.2) is 36.4 Å². The molecule has 5 heteroatoms. The highest BCUT2D eigenvalue weighted by molar-refractivity contribution is 6.32. The largest absolute Gasteiger partial charge is 0.492 e. The summed E-state index contributed by atoms with van der Waals surface area (Å²) in [6.45, 7) is 8.48. The highest BCUT2D eigenvalue weighted by Crippen LogP contribution is 2.26. The predicted octanol–water partition coefficient (Wildman–Crippen LogP) is 4.48. The van der Waals surface area contributed by atoms with Gasteiger partial charge >= 0.3 is 0 Å². The topological polar surface area (TPSA) is 47.6 Å². The monoisotopic (exact) mass is 375 g/mol. The fraction of sp³-hybridized carbons (Fsp3) is 0.381. The van der Waals surface area contributed by atoms with Crippen molar-refractivity contribution in [2.75, 3.05) is 13.2 Å². The van der Waals surface area contributed by atoms with Crippen molar-refractivity contribution in [1.29, 1.82) is 0 Å². The summed E-state index contributed by atoms with van der Waals surface area (Å²) >= 11 is 6.15. The van der Waals surface area contributed by atoms with Crippen LogP contribution in [0.3, 0.4) is 0 Å². The van der Waals surface area contributed by atoms with Gasteiger partial charge in [0.1, 0.15) is 18.1 Å². The molecule has 0 saturated heterocycles. The van der Waals surface area contributed by atoms with E-state index in [4.69, 9.17) is 21.1 Å². The van der Waals surface area contributed by atoms with E-state index in [1.54, 1.807) is 6.92 Å². The van der Waals surface area contributed by atoms with Crippen LogP contribution in [0.5, 0.6) is 11.5 Å². The summed E-state index contributed by atoms with van der Waals surface area (Å²) in [6, 6.07) is 11.6. The zero-order valence-corrected chi connectivity index (χ0v) is 16.5. The number of hydrogen-bond donors (Lipinski definition) is 1. The molecule has 0 aromatic heterocycles. The molecule has 1 amide bonds. The standard InChI is InChI=1S/C21H26ClNO3/c1-5-17-6-8-18(9-7-17)25-11-10-23-21(24)16(4)26-19-12-14(2)20(22)15(3)13-19/h6-9,12-13,16H,5,10-11H2,1-4H3,(H,23,24)/t16-/m1/s1. The van der Waals surface area contributed by atoms with E-state index in [9.17, 15) is 4.79 Å². The molecule has 0 aliphatic heterocycles. The number of amides is 1. The van der Waals surface area contributed by atoms with Crippen LogP contribution in [0.1, 0.15) is 30.5 Å². The van der Waals surface area contributed by atoms with Crippen LogP contribution in [-0.4, -0.2) is 25.2 Å². The van der Waals surface area contributed by atoms with Crippen LogP contribution >= 0.6 is 11.6 Å². The van der Waals surface area contributed by atoms with E-state index >= 15 is 0 Å². The van der Waals surface area contributed by atoms with E-state index in [2.05, 4.69) is 12.2 Å². The molecule has 2 aromatic carbocycles. The average molecular weight is 376 g/mol. The molecule has 2 aromatic rings. The summed E-state index contributed by atoms with van der Waals surface area (Å²) in [5, 5.41) is 3.54. The Hall–Kier alpha value is -2.20. The van der Waals surface area contributed by atoms with Crippen LogP contribution in [0.2, 0.25) is 5.02 Å². The van der Waals surface area contributed by atoms with Gasteiger partial charge in [0.25, 0.3) is 5.91 Å². The molecular formula is C21H26ClNO3. The van der Waals surface area contributed by atoms with E-state index in [-0.39, 0.29) is 5.91 Å². The number of aryl methyl sites for hydroxylation is 3. The second-order valence-electron chi connectivity index (χ2n) is 6.27. The van der Waals surface area contributed by atoms with Crippen molar-refractivity contribution in [2.45, 2.75) is 40.2 Å². The van der Waals surface area contributed by atoms with Crippen molar-refractivity contribution in [3.05, 3.63) is 58.1 Å². The van der Waals surface area contributed by atoms with E-state index in [1.807, 2.05) is 50.2 Å². The van der Waals surface area contributed by atoms with Gasteiger partial charge in [0.2, 0.25) is 0 Å². The minimum absolute atomic E-state index is 0.180. The van der Waals surface area contributed by atoms with Crippen LogP contribution < -0.4 is 14.8 Å². The molecule has 0 aliphatic carbocycles. The predicted molar refractivity (Wildman–Crippen MR) is 105 cm³/mol. The Morgan fingerprint density at radius 2 is 1.73 bits per heavy atom. The van der Waals surface area contributed by atoms with Crippen molar-refractivity contribution in [1.82, 2.24) is 5.32 Å².